The van der Waals surface area contributed by atoms with Gasteiger partial charge in [-0.15, -0.1) is 11.3 Å². The number of rotatable bonds is 6. The Morgan fingerprint density at radius 1 is 1.33 bits per heavy atom. The highest BCUT2D eigenvalue weighted by molar-refractivity contribution is 7.11. The summed E-state index contributed by atoms with van der Waals surface area (Å²) in [4.78, 5) is 5.50. The van der Waals surface area contributed by atoms with Crippen molar-refractivity contribution < 1.29 is 9.47 Å². The average molecular weight is 264 g/mol. The lowest BCUT2D eigenvalue weighted by Gasteiger charge is -2.05. The van der Waals surface area contributed by atoms with Gasteiger partial charge in [0.2, 0.25) is 0 Å². The van der Waals surface area contributed by atoms with Gasteiger partial charge in [0, 0.05) is 17.1 Å². The summed E-state index contributed by atoms with van der Waals surface area (Å²) in [7, 11) is 1.64. The van der Waals surface area contributed by atoms with Crippen molar-refractivity contribution in [2.45, 2.75) is 13.0 Å². The number of aromatic nitrogens is 1. The number of nitrogens with two attached hydrogens (primary N) is 1. The lowest BCUT2D eigenvalue weighted by Crippen LogP contribution is -2.00. The summed E-state index contributed by atoms with van der Waals surface area (Å²) in [6.45, 7) is 1.13. The van der Waals surface area contributed by atoms with E-state index in [1.165, 1.54) is 4.88 Å². The first-order valence-electron chi connectivity index (χ1n) is 5.72. The highest BCUT2D eigenvalue weighted by Crippen LogP contribution is 2.21. The molecule has 2 aromatic rings. The van der Waals surface area contributed by atoms with Crippen LogP contribution in [0.2, 0.25) is 0 Å². The smallest absolute Gasteiger partial charge is 0.140 e. The summed E-state index contributed by atoms with van der Waals surface area (Å²) >= 11 is 1.64. The van der Waals surface area contributed by atoms with Gasteiger partial charge >= 0.3 is 0 Å². The molecule has 0 bridgehead atoms. The van der Waals surface area contributed by atoms with Crippen molar-refractivity contribution >= 4 is 11.3 Å². The molecule has 5 heteroatoms. The molecular weight excluding hydrogens is 248 g/mol. The molecule has 0 saturated heterocycles. The van der Waals surface area contributed by atoms with E-state index in [1.807, 2.05) is 30.5 Å². The quantitative estimate of drug-likeness (QED) is 0.869. The maximum atomic E-state index is 5.66. The van der Waals surface area contributed by atoms with Crippen molar-refractivity contribution in [1.82, 2.24) is 4.98 Å². The molecule has 0 aliphatic heterocycles. The fraction of sp³-hybridized carbons (Fsp3) is 0.308. The Kier molecular flexibility index (Phi) is 4.55. The largest absolute Gasteiger partial charge is 0.497 e. The number of nitrogens with zero attached hydrogens (tertiary/aromatic N) is 1. The van der Waals surface area contributed by atoms with Crippen molar-refractivity contribution in [3.63, 3.8) is 0 Å². The van der Waals surface area contributed by atoms with E-state index >= 15 is 0 Å². The van der Waals surface area contributed by atoms with Crippen LogP contribution in [0.3, 0.4) is 0 Å². The first-order chi connectivity index (χ1) is 8.81. The van der Waals surface area contributed by atoms with E-state index in [0.717, 1.165) is 22.9 Å². The molecule has 0 amide bonds. The summed E-state index contributed by atoms with van der Waals surface area (Å²) in [5.41, 5.74) is 5.50. The van der Waals surface area contributed by atoms with Crippen LogP contribution < -0.4 is 15.2 Å². The second-order valence-corrected chi connectivity index (χ2v) is 4.93. The van der Waals surface area contributed by atoms with Gasteiger partial charge in [-0.25, -0.2) is 4.98 Å². The Morgan fingerprint density at radius 3 is 2.94 bits per heavy atom. The minimum Gasteiger partial charge on any atom is -0.497 e. The van der Waals surface area contributed by atoms with E-state index in [-0.39, 0.29) is 0 Å². The molecule has 0 saturated carbocycles. The SMILES string of the molecule is COc1cccc(OCc2ncc(CCN)s2)c1. The monoisotopic (exact) mass is 264 g/mol. The van der Waals surface area contributed by atoms with Gasteiger partial charge in [0.05, 0.1) is 7.11 Å². The fourth-order valence-electron chi connectivity index (χ4n) is 1.51. The van der Waals surface area contributed by atoms with E-state index in [0.29, 0.717) is 13.2 Å². The van der Waals surface area contributed by atoms with E-state index < -0.39 is 0 Å². The van der Waals surface area contributed by atoms with Crippen molar-refractivity contribution in [1.29, 1.82) is 0 Å². The Balaban J connectivity index is 1.93. The van der Waals surface area contributed by atoms with Gasteiger partial charge in [-0.05, 0) is 25.1 Å². The molecule has 0 aliphatic rings. The molecule has 1 aromatic heterocycles. The molecule has 18 heavy (non-hydrogen) atoms. The van der Waals surface area contributed by atoms with Gasteiger partial charge in [0.1, 0.15) is 23.1 Å². The predicted molar refractivity (Wildman–Crippen MR) is 72.2 cm³/mol. The molecule has 2 N–H and O–H groups in total. The zero-order chi connectivity index (χ0) is 12.8. The van der Waals surface area contributed by atoms with Gasteiger partial charge < -0.3 is 15.2 Å². The summed E-state index contributed by atoms with van der Waals surface area (Å²) in [6, 6.07) is 7.54. The third kappa shape index (κ3) is 3.45. The van der Waals surface area contributed by atoms with Crippen LogP contribution in [0.4, 0.5) is 0 Å². The van der Waals surface area contributed by atoms with E-state index in [1.54, 1.807) is 18.4 Å². The number of hydrogen-bond donors (Lipinski definition) is 1. The van der Waals surface area contributed by atoms with Crippen LogP contribution in [0, 0.1) is 0 Å². The standard InChI is InChI=1S/C13H16N2O2S/c1-16-10-3-2-4-11(7-10)17-9-13-15-8-12(18-13)5-6-14/h2-4,7-8H,5-6,9,14H2,1H3. The molecule has 2 rings (SSSR count). The highest BCUT2D eigenvalue weighted by Gasteiger charge is 2.03. The van der Waals surface area contributed by atoms with E-state index in [4.69, 9.17) is 15.2 Å². The van der Waals surface area contributed by atoms with Gasteiger partial charge in [0.15, 0.2) is 0 Å². The third-order valence-corrected chi connectivity index (χ3v) is 3.43. The van der Waals surface area contributed by atoms with Gasteiger partial charge in [0.25, 0.3) is 0 Å². The predicted octanol–water partition coefficient (Wildman–Crippen LogP) is 2.23. The number of thiazole rings is 1. The molecule has 0 aliphatic carbocycles. The van der Waals surface area contributed by atoms with Crippen LogP contribution in [0.15, 0.2) is 30.5 Å². The van der Waals surface area contributed by atoms with Crippen LogP contribution in [0.25, 0.3) is 0 Å². The number of ether oxygens (including phenoxy) is 2. The summed E-state index contributed by atoms with van der Waals surface area (Å²) < 4.78 is 10.8. The zero-order valence-corrected chi connectivity index (χ0v) is 11.1. The highest BCUT2D eigenvalue weighted by atomic mass is 32.1. The molecule has 4 nitrogen and oxygen atoms in total. The second kappa shape index (κ2) is 6.37. The lowest BCUT2D eigenvalue weighted by atomic mass is 10.3. The number of benzene rings is 1. The molecule has 0 atom stereocenters. The Morgan fingerprint density at radius 2 is 2.17 bits per heavy atom. The van der Waals surface area contributed by atoms with Crippen molar-refractivity contribution in [3.8, 4) is 11.5 Å². The number of methoxy groups -OCH3 is 1. The topological polar surface area (TPSA) is 57.4 Å². The Hall–Kier alpha value is -1.59. The van der Waals surface area contributed by atoms with Gasteiger partial charge in [-0.1, -0.05) is 6.07 Å². The Bertz CT molecular complexity index is 499. The molecular formula is C13H16N2O2S. The molecule has 0 unspecified atom stereocenters. The van der Waals surface area contributed by atoms with Crippen LogP contribution in [-0.4, -0.2) is 18.6 Å². The molecule has 0 radical (unpaired) electrons. The molecule has 0 spiro atoms. The average Bonchev–Trinajstić information content (AvgIpc) is 2.85. The van der Waals surface area contributed by atoms with Crippen LogP contribution in [0.5, 0.6) is 11.5 Å². The van der Waals surface area contributed by atoms with Crippen molar-refractivity contribution in [3.05, 3.63) is 40.3 Å². The molecule has 1 aromatic carbocycles. The third-order valence-electron chi connectivity index (χ3n) is 2.40. The maximum Gasteiger partial charge on any atom is 0.140 e. The fourth-order valence-corrected chi connectivity index (χ4v) is 2.36. The van der Waals surface area contributed by atoms with E-state index in [2.05, 4.69) is 4.98 Å². The van der Waals surface area contributed by atoms with Gasteiger partial charge in [-0.3, -0.25) is 0 Å². The van der Waals surface area contributed by atoms with Crippen molar-refractivity contribution in [2.75, 3.05) is 13.7 Å². The molecule has 0 fully saturated rings. The van der Waals surface area contributed by atoms with Crippen LogP contribution in [-0.2, 0) is 13.0 Å². The first-order valence-corrected chi connectivity index (χ1v) is 6.54. The van der Waals surface area contributed by atoms with Crippen LogP contribution >= 0.6 is 11.3 Å². The number of hydrogen-bond acceptors (Lipinski definition) is 5. The minimum atomic E-state index is 0.475. The first kappa shape index (κ1) is 12.9. The summed E-state index contributed by atoms with van der Waals surface area (Å²) in [6.07, 6.45) is 2.73. The summed E-state index contributed by atoms with van der Waals surface area (Å²) in [5.74, 6) is 1.57. The second-order valence-electron chi connectivity index (χ2n) is 3.73. The van der Waals surface area contributed by atoms with Crippen LogP contribution in [0.1, 0.15) is 9.88 Å². The molecule has 1 heterocycles. The summed E-state index contributed by atoms with van der Waals surface area (Å²) in [5, 5.41) is 0.960. The zero-order valence-electron chi connectivity index (χ0n) is 10.3. The minimum absolute atomic E-state index is 0.475. The maximum absolute atomic E-state index is 5.66. The van der Waals surface area contributed by atoms with Crippen molar-refractivity contribution in [2.24, 2.45) is 5.73 Å². The lowest BCUT2D eigenvalue weighted by molar-refractivity contribution is 0.303. The van der Waals surface area contributed by atoms with E-state index in [9.17, 15) is 0 Å². The Labute approximate surface area is 110 Å². The molecule has 96 valence electrons. The normalized spacial score (nSPS) is 10.3. The van der Waals surface area contributed by atoms with Gasteiger partial charge in [-0.2, -0.15) is 0 Å².